The average molecular weight is 770 g/mol. The lowest BCUT2D eigenvalue weighted by Crippen LogP contribution is -2.36. The molecule has 0 aromatic heterocycles. The second-order valence-corrected chi connectivity index (χ2v) is 15.4. The monoisotopic (exact) mass is 769 g/mol. The van der Waals surface area contributed by atoms with Gasteiger partial charge in [-0.25, -0.2) is 4.79 Å². The largest absolute Gasteiger partial charge is 0.449 e. The number of rotatable bonds is 13. The van der Waals surface area contributed by atoms with Crippen LogP contribution in [-0.4, -0.2) is 38.4 Å². The van der Waals surface area contributed by atoms with Gasteiger partial charge < -0.3 is 19.5 Å². The third-order valence-corrected chi connectivity index (χ3v) is 11.7. The normalized spacial score (nSPS) is 15.9. The highest BCUT2D eigenvalue weighted by atomic mass is 35.5. The molecule has 6 nitrogen and oxygen atoms in total. The summed E-state index contributed by atoms with van der Waals surface area (Å²) >= 11 is 6.94. The Bertz CT molecular complexity index is 1990. The van der Waals surface area contributed by atoms with Gasteiger partial charge in [0.05, 0.1) is 19.6 Å². The van der Waals surface area contributed by atoms with Crippen molar-refractivity contribution < 1.29 is 23.8 Å². The van der Waals surface area contributed by atoms with Gasteiger partial charge in [0.15, 0.2) is 5.60 Å². The lowest BCUT2D eigenvalue weighted by Gasteiger charge is -2.36. The standard InChI is InChI=1S/C49H52ClNO5/c50-46-26-16-15-25-45(46)49(38-19-9-6-10-20-38,39-29-27-37(28-30-39)36-17-7-4-2-1-3-5-8-18-36)56-47(52)31-33-54-34-32-51-48(53)55-35-44-42-23-13-11-21-40(42)41-22-12-14-24-43(41)44/h6,9-16,19-30,36,44H,1-5,7-8,17-18,31-35H2,(H,51,53). The highest BCUT2D eigenvalue weighted by molar-refractivity contribution is 6.31. The number of benzene rings is 5. The maximum Gasteiger partial charge on any atom is 0.407 e. The summed E-state index contributed by atoms with van der Waals surface area (Å²) in [6.07, 6.45) is 11.0. The summed E-state index contributed by atoms with van der Waals surface area (Å²) in [5.74, 6) is 0.0872. The van der Waals surface area contributed by atoms with Crippen molar-refractivity contribution in [3.8, 4) is 11.1 Å². The Labute approximate surface area is 336 Å². The van der Waals surface area contributed by atoms with E-state index < -0.39 is 17.7 Å². The topological polar surface area (TPSA) is 73.9 Å². The molecule has 2 aliphatic rings. The van der Waals surface area contributed by atoms with Gasteiger partial charge in [0.1, 0.15) is 6.61 Å². The summed E-state index contributed by atoms with van der Waals surface area (Å²) in [7, 11) is 0. The van der Waals surface area contributed by atoms with E-state index >= 15 is 0 Å². The number of fused-ring (bicyclic) bond motifs is 3. The lowest BCUT2D eigenvalue weighted by molar-refractivity contribution is -0.154. The van der Waals surface area contributed by atoms with Crippen molar-refractivity contribution in [3.05, 3.63) is 166 Å². The van der Waals surface area contributed by atoms with E-state index in [9.17, 15) is 9.59 Å². The molecule has 7 heteroatoms. The second-order valence-electron chi connectivity index (χ2n) is 15.0. The lowest BCUT2D eigenvalue weighted by atomic mass is 9.78. The van der Waals surface area contributed by atoms with Crippen LogP contribution in [0.1, 0.15) is 109 Å². The van der Waals surface area contributed by atoms with Crippen molar-refractivity contribution in [2.45, 2.75) is 81.6 Å². The van der Waals surface area contributed by atoms with Crippen molar-refractivity contribution >= 4 is 23.7 Å². The number of hydrogen-bond acceptors (Lipinski definition) is 5. The molecule has 0 heterocycles. The molecule has 0 aliphatic heterocycles. The van der Waals surface area contributed by atoms with Crippen LogP contribution in [0.4, 0.5) is 4.79 Å². The third-order valence-electron chi connectivity index (χ3n) is 11.4. The fraction of sp³-hybridized carbons (Fsp3) is 0.347. The number of alkyl carbamates (subject to hydrolysis) is 1. The quantitative estimate of drug-likeness (QED) is 0.0733. The van der Waals surface area contributed by atoms with E-state index in [4.69, 9.17) is 25.8 Å². The van der Waals surface area contributed by atoms with Crippen LogP contribution in [-0.2, 0) is 24.6 Å². The molecule has 56 heavy (non-hydrogen) atoms. The maximum atomic E-state index is 13.8. The van der Waals surface area contributed by atoms with E-state index in [1.54, 1.807) is 0 Å². The number of halogens is 1. The first kappa shape index (κ1) is 39.3. The predicted molar refractivity (Wildman–Crippen MR) is 223 cm³/mol. The Morgan fingerprint density at radius 2 is 1.21 bits per heavy atom. The van der Waals surface area contributed by atoms with Gasteiger partial charge in [-0.1, -0.05) is 178 Å². The highest BCUT2D eigenvalue weighted by Crippen LogP contribution is 2.46. The summed E-state index contributed by atoms with van der Waals surface area (Å²) in [6, 6.07) is 42.6. The number of nitrogens with one attached hydrogen (secondary N) is 1. The molecule has 1 atom stereocenters. The number of esters is 1. The van der Waals surface area contributed by atoms with Crippen LogP contribution in [0.15, 0.2) is 127 Å². The minimum Gasteiger partial charge on any atom is -0.449 e. The van der Waals surface area contributed by atoms with Gasteiger partial charge in [-0.15, -0.1) is 0 Å². The van der Waals surface area contributed by atoms with Gasteiger partial charge in [0.25, 0.3) is 0 Å². The Morgan fingerprint density at radius 1 is 0.643 bits per heavy atom. The van der Waals surface area contributed by atoms with Crippen molar-refractivity contribution in [1.82, 2.24) is 5.32 Å². The van der Waals surface area contributed by atoms with E-state index in [-0.39, 0.29) is 38.7 Å². The van der Waals surface area contributed by atoms with E-state index in [1.165, 1.54) is 74.5 Å². The van der Waals surface area contributed by atoms with Crippen LogP contribution in [0.25, 0.3) is 11.1 Å². The first-order valence-electron chi connectivity index (χ1n) is 20.3. The molecule has 0 saturated heterocycles. The van der Waals surface area contributed by atoms with Gasteiger partial charge >= 0.3 is 12.1 Å². The van der Waals surface area contributed by atoms with Gasteiger partial charge in [0, 0.05) is 34.2 Å². The number of carbonyl (C=O) groups is 2. The van der Waals surface area contributed by atoms with Crippen molar-refractivity contribution in [2.75, 3.05) is 26.4 Å². The molecule has 1 amide bonds. The summed E-state index contributed by atoms with van der Waals surface area (Å²) in [6.45, 7) is 0.824. The molecule has 0 spiro atoms. The van der Waals surface area contributed by atoms with Gasteiger partial charge in [-0.2, -0.15) is 0 Å². The zero-order chi connectivity index (χ0) is 38.6. The molecular weight excluding hydrogens is 718 g/mol. The molecule has 7 rings (SSSR count). The molecule has 1 unspecified atom stereocenters. The van der Waals surface area contributed by atoms with Crippen molar-refractivity contribution in [2.24, 2.45) is 0 Å². The van der Waals surface area contributed by atoms with E-state index in [0.717, 1.165) is 22.3 Å². The van der Waals surface area contributed by atoms with Crippen LogP contribution in [0.3, 0.4) is 0 Å². The molecule has 0 bridgehead atoms. The zero-order valence-corrected chi connectivity index (χ0v) is 32.9. The van der Waals surface area contributed by atoms with Crippen LogP contribution in [0, 0.1) is 0 Å². The molecule has 1 fully saturated rings. The van der Waals surface area contributed by atoms with Crippen LogP contribution < -0.4 is 5.32 Å². The van der Waals surface area contributed by atoms with Crippen molar-refractivity contribution in [3.63, 3.8) is 0 Å². The van der Waals surface area contributed by atoms with Gasteiger partial charge in [0.2, 0.25) is 0 Å². The fourth-order valence-electron chi connectivity index (χ4n) is 8.56. The van der Waals surface area contributed by atoms with E-state index in [1.807, 2.05) is 78.9 Å². The molecule has 0 radical (unpaired) electrons. The molecule has 2 aliphatic carbocycles. The van der Waals surface area contributed by atoms with Crippen LogP contribution in [0.5, 0.6) is 0 Å². The Kier molecular flexibility index (Phi) is 13.6. The predicted octanol–water partition coefficient (Wildman–Crippen LogP) is 11.7. The summed E-state index contributed by atoms with van der Waals surface area (Å²) in [5, 5.41) is 3.29. The second kappa shape index (κ2) is 19.3. The fourth-order valence-corrected chi connectivity index (χ4v) is 8.83. The number of hydrogen-bond donors (Lipinski definition) is 1. The minimum absolute atomic E-state index is 0.0116. The first-order valence-corrected chi connectivity index (χ1v) is 20.7. The summed E-state index contributed by atoms with van der Waals surface area (Å²) < 4.78 is 18.1. The number of ether oxygens (including phenoxy) is 3. The van der Waals surface area contributed by atoms with Crippen LogP contribution >= 0.6 is 11.6 Å². The Balaban J connectivity index is 0.977. The molecule has 5 aromatic rings. The van der Waals surface area contributed by atoms with E-state index in [0.29, 0.717) is 16.5 Å². The summed E-state index contributed by atoms with van der Waals surface area (Å²) in [5.41, 5.74) is 7.08. The molecule has 290 valence electrons. The van der Waals surface area contributed by atoms with Crippen LogP contribution in [0.2, 0.25) is 5.02 Å². The molecular formula is C49H52ClNO5. The number of amides is 1. The Morgan fingerprint density at radius 3 is 1.88 bits per heavy atom. The van der Waals surface area contributed by atoms with Crippen molar-refractivity contribution in [1.29, 1.82) is 0 Å². The zero-order valence-electron chi connectivity index (χ0n) is 32.1. The van der Waals surface area contributed by atoms with E-state index in [2.05, 4.69) is 53.8 Å². The maximum absolute atomic E-state index is 13.8. The molecule has 1 N–H and O–H groups in total. The SMILES string of the molecule is O=C(CCOCCNC(=O)OCC1c2ccccc2-c2ccccc21)OC(c1ccccc1)(c1ccc(C2CCCCCCCCC2)cc1)c1ccccc1Cl. The van der Waals surface area contributed by atoms with Gasteiger partial charge in [-0.05, 0) is 52.6 Å². The first-order chi connectivity index (χ1) is 27.5. The molecule has 1 saturated carbocycles. The number of carbonyl (C=O) groups excluding carboxylic acids is 2. The smallest absolute Gasteiger partial charge is 0.407 e. The summed E-state index contributed by atoms with van der Waals surface area (Å²) in [4.78, 5) is 26.5. The average Bonchev–Trinajstić information content (AvgIpc) is 3.56. The Hall–Kier alpha value is -4.91. The highest BCUT2D eigenvalue weighted by Gasteiger charge is 2.42. The minimum atomic E-state index is -1.28. The molecule has 5 aromatic carbocycles. The van der Waals surface area contributed by atoms with Gasteiger partial charge in [-0.3, -0.25) is 4.79 Å². The third kappa shape index (κ3) is 9.20.